The second kappa shape index (κ2) is 9.49. The molecule has 0 aliphatic rings. The van der Waals surface area contributed by atoms with Crippen molar-refractivity contribution in [3.63, 3.8) is 0 Å². The molecule has 1 rings (SSSR count). The molecule has 23 heavy (non-hydrogen) atoms. The van der Waals surface area contributed by atoms with Crippen LogP contribution in [0.2, 0.25) is 0 Å². The summed E-state index contributed by atoms with van der Waals surface area (Å²) in [5.74, 6) is -0.520. The van der Waals surface area contributed by atoms with Crippen LogP contribution in [0.4, 0.5) is 18.9 Å². The van der Waals surface area contributed by atoms with Crippen LogP contribution in [0.15, 0.2) is 24.3 Å². The molecule has 0 aromatic heterocycles. The number of benzene rings is 1. The van der Waals surface area contributed by atoms with Crippen LogP contribution in [0.5, 0.6) is 0 Å². The maximum atomic E-state index is 12.9. The fourth-order valence-electron chi connectivity index (χ4n) is 1.94. The van der Waals surface area contributed by atoms with Gasteiger partial charge in [-0.3, -0.25) is 9.69 Å². The lowest BCUT2D eigenvalue weighted by Crippen LogP contribution is -2.37. The smallest absolute Gasteiger partial charge is 0.383 e. The maximum Gasteiger partial charge on any atom is 0.418 e. The quantitative estimate of drug-likeness (QED) is 0.752. The lowest BCUT2D eigenvalue weighted by Gasteiger charge is -2.21. The first-order valence-electron chi connectivity index (χ1n) is 7.04. The number of alkyl halides is 3. The minimum absolute atomic E-state index is 0.0427. The van der Waals surface area contributed by atoms with Crippen molar-refractivity contribution in [1.82, 2.24) is 4.90 Å². The summed E-state index contributed by atoms with van der Waals surface area (Å²) < 4.78 is 48.6. The summed E-state index contributed by atoms with van der Waals surface area (Å²) in [6.45, 7) is 1.74. The first kappa shape index (κ1) is 19.4. The SMILES string of the molecule is COCCN(CCOC)CC(=O)Nc1ccccc1C(F)(F)F. The molecule has 0 aliphatic heterocycles. The van der Waals surface area contributed by atoms with Crippen molar-refractivity contribution in [3.05, 3.63) is 29.8 Å². The van der Waals surface area contributed by atoms with E-state index in [1.807, 2.05) is 0 Å². The molecule has 1 amide bonds. The van der Waals surface area contributed by atoms with E-state index in [1.165, 1.54) is 32.4 Å². The lowest BCUT2D eigenvalue weighted by molar-refractivity contribution is -0.137. The maximum absolute atomic E-state index is 12.9. The van der Waals surface area contributed by atoms with Crippen LogP contribution in [0.3, 0.4) is 0 Å². The van der Waals surface area contributed by atoms with Crippen LogP contribution in [-0.2, 0) is 20.4 Å². The Balaban J connectivity index is 2.71. The highest BCUT2D eigenvalue weighted by Crippen LogP contribution is 2.34. The Hall–Kier alpha value is -1.64. The van der Waals surface area contributed by atoms with Gasteiger partial charge in [0.05, 0.1) is 31.0 Å². The van der Waals surface area contributed by atoms with E-state index >= 15 is 0 Å². The molecule has 0 aliphatic carbocycles. The summed E-state index contributed by atoms with van der Waals surface area (Å²) in [6.07, 6.45) is -4.52. The van der Waals surface area contributed by atoms with Crippen molar-refractivity contribution < 1.29 is 27.4 Å². The van der Waals surface area contributed by atoms with Crippen molar-refractivity contribution in [2.45, 2.75) is 6.18 Å². The highest BCUT2D eigenvalue weighted by molar-refractivity contribution is 5.93. The summed E-state index contributed by atoms with van der Waals surface area (Å²) in [5.41, 5.74) is -1.11. The van der Waals surface area contributed by atoms with E-state index < -0.39 is 17.6 Å². The molecular weight excluding hydrogens is 313 g/mol. The van der Waals surface area contributed by atoms with Crippen LogP contribution in [0.25, 0.3) is 0 Å². The molecule has 0 bridgehead atoms. The molecule has 0 spiro atoms. The zero-order valence-electron chi connectivity index (χ0n) is 13.2. The Labute approximate surface area is 133 Å². The van der Waals surface area contributed by atoms with E-state index in [4.69, 9.17) is 9.47 Å². The first-order valence-corrected chi connectivity index (χ1v) is 7.04. The summed E-state index contributed by atoms with van der Waals surface area (Å²) in [4.78, 5) is 13.8. The Morgan fingerprint density at radius 1 is 1.13 bits per heavy atom. The predicted octanol–water partition coefficient (Wildman–Crippen LogP) is 2.24. The summed E-state index contributed by atoms with van der Waals surface area (Å²) in [7, 11) is 3.07. The highest BCUT2D eigenvalue weighted by Gasteiger charge is 2.33. The molecular formula is C15H21F3N2O3. The van der Waals surface area contributed by atoms with Gasteiger partial charge in [-0.25, -0.2) is 0 Å². The first-order chi connectivity index (χ1) is 10.9. The molecule has 0 unspecified atom stereocenters. The number of hydrogen-bond donors (Lipinski definition) is 1. The Morgan fingerprint density at radius 2 is 1.70 bits per heavy atom. The third-order valence-corrected chi connectivity index (χ3v) is 3.10. The van der Waals surface area contributed by atoms with Gasteiger partial charge in [0.15, 0.2) is 0 Å². The van der Waals surface area contributed by atoms with Gasteiger partial charge < -0.3 is 14.8 Å². The normalized spacial score (nSPS) is 11.7. The number of hydrogen-bond acceptors (Lipinski definition) is 4. The number of methoxy groups -OCH3 is 2. The average Bonchev–Trinajstić information content (AvgIpc) is 2.49. The van der Waals surface area contributed by atoms with E-state index in [2.05, 4.69) is 5.32 Å². The molecule has 0 radical (unpaired) electrons. The molecule has 1 aromatic rings. The minimum Gasteiger partial charge on any atom is -0.383 e. The molecule has 1 aromatic carbocycles. The second-order valence-electron chi connectivity index (χ2n) is 4.85. The number of rotatable bonds is 9. The van der Waals surface area contributed by atoms with Crippen molar-refractivity contribution in [2.75, 3.05) is 52.4 Å². The number of halogens is 3. The molecule has 8 heteroatoms. The summed E-state index contributed by atoms with van der Waals surface area (Å²) >= 11 is 0. The Morgan fingerprint density at radius 3 is 2.22 bits per heavy atom. The Bertz CT molecular complexity index is 487. The van der Waals surface area contributed by atoms with Crippen LogP contribution < -0.4 is 5.32 Å². The van der Waals surface area contributed by atoms with Crippen LogP contribution in [0.1, 0.15) is 5.56 Å². The van der Waals surface area contributed by atoms with Crippen LogP contribution in [-0.4, -0.2) is 57.9 Å². The number of anilines is 1. The number of ether oxygens (including phenoxy) is 2. The monoisotopic (exact) mass is 334 g/mol. The van der Waals surface area contributed by atoms with Crippen LogP contribution in [0, 0.1) is 0 Å². The largest absolute Gasteiger partial charge is 0.418 e. The number of amides is 1. The third kappa shape index (κ3) is 6.98. The van der Waals surface area contributed by atoms with E-state index in [0.29, 0.717) is 26.3 Å². The van der Waals surface area contributed by atoms with Gasteiger partial charge in [-0.1, -0.05) is 12.1 Å². The average molecular weight is 334 g/mol. The highest BCUT2D eigenvalue weighted by atomic mass is 19.4. The van der Waals surface area contributed by atoms with E-state index in [0.717, 1.165) is 6.07 Å². The van der Waals surface area contributed by atoms with Gasteiger partial charge in [0.2, 0.25) is 5.91 Å². The zero-order valence-corrected chi connectivity index (χ0v) is 13.2. The zero-order chi connectivity index (χ0) is 17.3. The van der Waals surface area contributed by atoms with Gasteiger partial charge >= 0.3 is 6.18 Å². The van der Waals surface area contributed by atoms with Gasteiger partial charge in [-0.2, -0.15) is 13.2 Å². The van der Waals surface area contributed by atoms with Crippen molar-refractivity contribution >= 4 is 11.6 Å². The second-order valence-corrected chi connectivity index (χ2v) is 4.85. The molecule has 0 heterocycles. The van der Waals surface area contributed by atoms with Gasteiger partial charge in [-0.05, 0) is 12.1 Å². The molecule has 0 saturated heterocycles. The summed E-state index contributed by atoms with van der Waals surface area (Å²) in [5, 5.41) is 2.32. The molecule has 0 fully saturated rings. The molecule has 130 valence electrons. The fourth-order valence-corrected chi connectivity index (χ4v) is 1.94. The standard InChI is InChI=1S/C15H21F3N2O3/c1-22-9-7-20(8-10-23-2)11-14(21)19-13-6-4-3-5-12(13)15(16,17)18/h3-6H,7-11H2,1-2H3,(H,19,21). The molecule has 1 N–H and O–H groups in total. The van der Waals surface area contributed by atoms with Gasteiger partial charge in [0.25, 0.3) is 0 Å². The number of carbonyl (C=O) groups is 1. The number of nitrogens with one attached hydrogen (secondary N) is 1. The topological polar surface area (TPSA) is 50.8 Å². The van der Waals surface area contributed by atoms with Gasteiger partial charge in [0.1, 0.15) is 0 Å². The predicted molar refractivity (Wildman–Crippen MR) is 80.3 cm³/mol. The lowest BCUT2D eigenvalue weighted by atomic mass is 10.1. The van der Waals surface area contributed by atoms with Gasteiger partial charge in [0, 0.05) is 27.3 Å². The van der Waals surface area contributed by atoms with Gasteiger partial charge in [-0.15, -0.1) is 0 Å². The minimum atomic E-state index is -4.52. The van der Waals surface area contributed by atoms with Crippen molar-refractivity contribution in [1.29, 1.82) is 0 Å². The third-order valence-electron chi connectivity index (χ3n) is 3.10. The molecule has 5 nitrogen and oxygen atoms in total. The molecule has 0 saturated carbocycles. The number of nitrogens with zero attached hydrogens (tertiary/aromatic N) is 1. The molecule has 0 atom stereocenters. The van der Waals surface area contributed by atoms with E-state index in [1.54, 1.807) is 4.90 Å². The van der Waals surface area contributed by atoms with E-state index in [-0.39, 0.29) is 12.2 Å². The number of carbonyl (C=O) groups excluding carboxylic acids is 1. The van der Waals surface area contributed by atoms with E-state index in [9.17, 15) is 18.0 Å². The summed E-state index contributed by atoms with van der Waals surface area (Å²) in [6, 6.07) is 4.89. The van der Waals surface area contributed by atoms with Crippen LogP contribution >= 0.6 is 0 Å². The number of para-hydroxylation sites is 1. The van der Waals surface area contributed by atoms with Crippen molar-refractivity contribution in [2.24, 2.45) is 0 Å². The fraction of sp³-hybridized carbons (Fsp3) is 0.533. The van der Waals surface area contributed by atoms with Crippen molar-refractivity contribution in [3.8, 4) is 0 Å². The Kier molecular flexibility index (Phi) is 8.01.